The number of nitrogens with one attached hydrogen (secondary N) is 1. The van der Waals surface area contributed by atoms with Crippen molar-refractivity contribution < 1.29 is 9.84 Å². The number of hydrogen-bond acceptors (Lipinski definition) is 5. The predicted octanol–water partition coefficient (Wildman–Crippen LogP) is 1.81. The van der Waals surface area contributed by atoms with E-state index in [0.717, 1.165) is 17.1 Å². The summed E-state index contributed by atoms with van der Waals surface area (Å²) < 4.78 is 5.03. The number of ether oxygens (including phenoxy) is 1. The molecule has 0 saturated carbocycles. The van der Waals surface area contributed by atoms with E-state index in [1.54, 1.807) is 18.4 Å². The molecular weight excluding hydrogens is 236 g/mol. The summed E-state index contributed by atoms with van der Waals surface area (Å²) in [4.78, 5) is 5.67. The SMILES string of the molecule is COCCC(CO)NC(C)c1sc(C)nc1C. The van der Waals surface area contributed by atoms with E-state index in [-0.39, 0.29) is 18.7 Å². The van der Waals surface area contributed by atoms with Gasteiger partial charge in [0.25, 0.3) is 0 Å². The summed E-state index contributed by atoms with van der Waals surface area (Å²) in [6.07, 6.45) is 0.814. The molecule has 0 aliphatic carbocycles. The fraction of sp³-hybridized carbons (Fsp3) is 0.750. The highest BCUT2D eigenvalue weighted by molar-refractivity contribution is 7.11. The summed E-state index contributed by atoms with van der Waals surface area (Å²) >= 11 is 1.71. The summed E-state index contributed by atoms with van der Waals surface area (Å²) in [5.74, 6) is 0. The maximum Gasteiger partial charge on any atom is 0.0900 e. The smallest absolute Gasteiger partial charge is 0.0900 e. The lowest BCUT2D eigenvalue weighted by atomic mass is 10.1. The number of methoxy groups -OCH3 is 1. The first-order valence-corrected chi connectivity index (χ1v) is 6.69. The van der Waals surface area contributed by atoms with Crippen molar-refractivity contribution in [2.24, 2.45) is 0 Å². The molecule has 0 saturated heterocycles. The van der Waals surface area contributed by atoms with Crippen molar-refractivity contribution in [1.82, 2.24) is 10.3 Å². The molecule has 2 atom stereocenters. The van der Waals surface area contributed by atoms with Gasteiger partial charge in [-0.15, -0.1) is 11.3 Å². The molecule has 0 radical (unpaired) electrons. The second-order valence-corrected chi connectivity index (χ2v) is 5.47. The lowest BCUT2D eigenvalue weighted by Crippen LogP contribution is -2.35. The van der Waals surface area contributed by atoms with Gasteiger partial charge in [-0.1, -0.05) is 0 Å². The summed E-state index contributed by atoms with van der Waals surface area (Å²) in [6, 6.07) is 0.293. The zero-order valence-electron chi connectivity index (χ0n) is 11.0. The van der Waals surface area contributed by atoms with Crippen molar-refractivity contribution in [2.75, 3.05) is 20.3 Å². The van der Waals surface area contributed by atoms with Gasteiger partial charge in [-0.2, -0.15) is 0 Å². The topological polar surface area (TPSA) is 54.4 Å². The van der Waals surface area contributed by atoms with Gasteiger partial charge in [-0.25, -0.2) is 4.98 Å². The molecule has 0 amide bonds. The van der Waals surface area contributed by atoms with Crippen molar-refractivity contribution in [3.05, 3.63) is 15.6 Å². The summed E-state index contributed by atoms with van der Waals surface area (Å²) in [5.41, 5.74) is 1.08. The average molecular weight is 258 g/mol. The minimum atomic E-state index is 0.0757. The van der Waals surface area contributed by atoms with Gasteiger partial charge < -0.3 is 15.2 Å². The van der Waals surface area contributed by atoms with E-state index in [0.29, 0.717) is 6.61 Å². The van der Waals surface area contributed by atoms with Crippen LogP contribution in [0.3, 0.4) is 0 Å². The molecule has 5 heteroatoms. The van der Waals surface area contributed by atoms with Gasteiger partial charge in [0, 0.05) is 30.7 Å². The molecule has 1 aromatic rings. The van der Waals surface area contributed by atoms with Crippen LogP contribution in [0.15, 0.2) is 0 Å². The van der Waals surface area contributed by atoms with E-state index >= 15 is 0 Å². The first-order chi connectivity index (χ1) is 8.08. The van der Waals surface area contributed by atoms with Gasteiger partial charge in [-0.05, 0) is 27.2 Å². The molecule has 2 unspecified atom stereocenters. The van der Waals surface area contributed by atoms with Crippen LogP contribution in [0.4, 0.5) is 0 Å². The van der Waals surface area contributed by atoms with Crippen molar-refractivity contribution in [3.63, 3.8) is 0 Å². The summed E-state index contributed by atoms with van der Waals surface area (Å²) in [7, 11) is 1.68. The molecule has 1 heterocycles. The Morgan fingerprint density at radius 1 is 1.47 bits per heavy atom. The van der Waals surface area contributed by atoms with Crippen LogP contribution < -0.4 is 5.32 Å². The molecule has 0 spiro atoms. The van der Waals surface area contributed by atoms with Crippen molar-refractivity contribution in [2.45, 2.75) is 39.3 Å². The number of rotatable bonds is 7. The van der Waals surface area contributed by atoms with Crippen molar-refractivity contribution >= 4 is 11.3 Å². The van der Waals surface area contributed by atoms with E-state index in [1.807, 2.05) is 13.8 Å². The van der Waals surface area contributed by atoms with Crippen molar-refractivity contribution in [3.8, 4) is 0 Å². The molecule has 2 N–H and O–H groups in total. The van der Waals surface area contributed by atoms with Crippen LogP contribution in [-0.2, 0) is 4.74 Å². The average Bonchev–Trinajstić information content (AvgIpc) is 2.63. The Balaban J connectivity index is 2.57. The number of nitrogens with zero attached hydrogens (tertiary/aromatic N) is 1. The molecule has 0 aliphatic rings. The van der Waals surface area contributed by atoms with Crippen molar-refractivity contribution in [1.29, 1.82) is 0 Å². The molecule has 98 valence electrons. The third-order valence-corrected chi connectivity index (χ3v) is 3.96. The van der Waals surface area contributed by atoms with E-state index < -0.39 is 0 Å². The van der Waals surface area contributed by atoms with E-state index in [4.69, 9.17) is 4.74 Å². The molecule has 0 aliphatic heterocycles. The van der Waals surface area contributed by atoms with Crippen LogP contribution in [0.5, 0.6) is 0 Å². The molecule has 0 aromatic carbocycles. The number of aromatic nitrogens is 1. The van der Waals surface area contributed by atoms with Gasteiger partial charge in [0.2, 0.25) is 0 Å². The molecule has 1 rings (SSSR count). The summed E-state index contributed by atoms with van der Waals surface area (Å²) in [5, 5.41) is 13.8. The highest BCUT2D eigenvalue weighted by atomic mass is 32.1. The summed E-state index contributed by atoms with van der Waals surface area (Å²) in [6.45, 7) is 6.94. The Kier molecular flexibility index (Phi) is 6.05. The number of hydrogen-bond donors (Lipinski definition) is 2. The van der Waals surface area contributed by atoms with Gasteiger partial charge in [0.15, 0.2) is 0 Å². The second kappa shape index (κ2) is 7.06. The molecular formula is C12H22N2O2S. The molecule has 1 aromatic heterocycles. The minimum absolute atomic E-state index is 0.0757. The Hall–Kier alpha value is -0.490. The molecule has 0 fully saturated rings. The monoisotopic (exact) mass is 258 g/mol. The largest absolute Gasteiger partial charge is 0.395 e. The third kappa shape index (κ3) is 4.35. The van der Waals surface area contributed by atoms with Gasteiger partial charge in [-0.3, -0.25) is 0 Å². The van der Waals surface area contributed by atoms with Gasteiger partial charge >= 0.3 is 0 Å². The quantitative estimate of drug-likeness (QED) is 0.783. The van der Waals surface area contributed by atoms with E-state index in [1.165, 1.54) is 4.88 Å². The second-order valence-electron chi connectivity index (χ2n) is 4.23. The first-order valence-electron chi connectivity index (χ1n) is 5.88. The minimum Gasteiger partial charge on any atom is -0.395 e. The lowest BCUT2D eigenvalue weighted by molar-refractivity contribution is 0.156. The third-order valence-electron chi connectivity index (χ3n) is 2.71. The molecule has 17 heavy (non-hydrogen) atoms. The molecule has 4 nitrogen and oxygen atoms in total. The van der Waals surface area contributed by atoms with Gasteiger partial charge in [0.1, 0.15) is 0 Å². The van der Waals surface area contributed by atoms with Crippen LogP contribution in [0, 0.1) is 13.8 Å². The van der Waals surface area contributed by atoms with E-state index in [2.05, 4.69) is 17.2 Å². The Morgan fingerprint density at radius 2 is 2.18 bits per heavy atom. The number of aliphatic hydroxyl groups excluding tert-OH is 1. The number of thiazole rings is 1. The normalized spacial score (nSPS) is 14.9. The van der Waals surface area contributed by atoms with Crippen LogP contribution >= 0.6 is 11.3 Å². The maximum atomic E-state index is 9.29. The lowest BCUT2D eigenvalue weighted by Gasteiger charge is -2.21. The molecule has 0 bridgehead atoms. The number of aliphatic hydroxyl groups is 1. The van der Waals surface area contributed by atoms with Crippen LogP contribution in [0.2, 0.25) is 0 Å². The fourth-order valence-electron chi connectivity index (χ4n) is 1.87. The number of aryl methyl sites for hydroxylation is 2. The van der Waals surface area contributed by atoms with Crippen LogP contribution in [0.25, 0.3) is 0 Å². The Morgan fingerprint density at radius 3 is 2.65 bits per heavy atom. The van der Waals surface area contributed by atoms with Crippen LogP contribution in [0.1, 0.15) is 35.0 Å². The Labute approximate surface area is 107 Å². The van der Waals surface area contributed by atoms with E-state index in [9.17, 15) is 5.11 Å². The zero-order chi connectivity index (χ0) is 12.8. The highest BCUT2D eigenvalue weighted by Gasteiger charge is 2.16. The fourth-order valence-corrected chi connectivity index (χ4v) is 2.80. The Bertz CT molecular complexity index is 341. The van der Waals surface area contributed by atoms with Gasteiger partial charge in [0.05, 0.1) is 17.3 Å². The van der Waals surface area contributed by atoms with Crippen LogP contribution in [-0.4, -0.2) is 36.5 Å². The highest BCUT2D eigenvalue weighted by Crippen LogP contribution is 2.24. The predicted molar refractivity (Wildman–Crippen MR) is 70.5 cm³/mol. The standard InChI is InChI=1S/C12H22N2O2S/c1-8-12(17-10(3)13-8)9(2)14-11(7-15)5-6-16-4/h9,11,14-15H,5-7H2,1-4H3. The zero-order valence-corrected chi connectivity index (χ0v) is 11.8. The first kappa shape index (κ1) is 14.6. The maximum absolute atomic E-state index is 9.29.